The fourth-order valence-corrected chi connectivity index (χ4v) is 5.51. The van der Waals surface area contributed by atoms with E-state index < -0.39 is 5.54 Å². The summed E-state index contributed by atoms with van der Waals surface area (Å²) in [5.74, 6) is 0.749. The summed E-state index contributed by atoms with van der Waals surface area (Å²) in [4.78, 5) is 21.9. The fraction of sp³-hybridized carbons (Fsp3) is 0.480. The summed E-state index contributed by atoms with van der Waals surface area (Å²) in [5, 5.41) is 4.83. The summed E-state index contributed by atoms with van der Waals surface area (Å²) in [6.45, 7) is 7.69. The molecular formula is C25H32N6O. The molecular weight excluding hydrogens is 400 g/mol. The number of piperidine rings is 2. The maximum Gasteiger partial charge on any atom is 0.238 e. The molecule has 2 aliphatic heterocycles. The first kappa shape index (κ1) is 20.9. The Hall–Kier alpha value is -2.93. The minimum atomic E-state index is -0.521. The molecule has 0 aliphatic carbocycles. The molecule has 0 spiro atoms. The molecule has 7 heteroatoms. The fourth-order valence-electron chi connectivity index (χ4n) is 5.51. The van der Waals surface area contributed by atoms with E-state index >= 15 is 0 Å². The highest BCUT2D eigenvalue weighted by Gasteiger charge is 2.45. The molecule has 1 amide bonds. The van der Waals surface area contributed by atoms with Gasteiger partial charge in [0.25, 0.3) is 0 Å². The molecule has 1 aromatic carbocycles. The van der Waals surface area contributed by atoms with Gasteiger partial charge >= 0.3 is 0 Å². The lowest BCUT2D eigenvalue weighted by Gasteiger charge is -2.48. The van der Waals surface area contributed by atoms with Crippen molar-refractivity contribution in [3.05, 3.63) is 47.8 Å². The van der Waals surface area contributed by atoms with Gasteiger partial charge in [-0.2, -0.15) is 5.10 Å². The Morgan fingerprint density at radius 2 is 1.78 bits per heavy atom. The zero-order valence-electron chi connectivity index (χ0n) is 19.0. The zero-order valence-corrected chi connectivity index (χ0v) is 19.0. The average molecular weight is 433 g/mol. The molecule has 32 heavy (non-hydrogen) atoms. The van der Waals surface area contributed by atoms with Gasteiger partial charge in [0.05, 0.1) is 5.69 Å². The number of fused-ring (bicyclic) bond motifs is 1. The minimum Gasteiger partial charge on any atom is -0.368 e. The standard InChI is InChI=1S/C25H32N6O/c1-18-6-7-20(19(2)16-18)21-17-22-23(27-10-15-31(22)28-21)29-13-8-25(9-14-29,24(26)32)30-11-4-3-5-12-30/h6-7,10,15-17H,3-5,8-9,11-14H2,1-2H3,(H2,26,32). The number of carbonyl (C=O) groups excluding carboxylic acids is 1. The molecule has 0 unspecified atom stereocenters. The van der Waals surface area contributed by atoms with Crippen LogP contribution in [0, 0.1) is 13.8 Å². The molecule has 0 saturated carbocycles. The van der Waals surface area contributed by atoms with Crippen molar-refractivity contribution in [1.29, 1.82) is 0 Å². The van der Waals surface area contributed by atoms with Crippen LogP contribution in [0.3, 0.4) is 0 Å². The largest absolute Gasteiger partial charge is 0.368 e. The van der Waals surface area contributed by atoms with Crippen molar-refractivity contribution < 1.29 is 4.79 Å². The molecule has 7 nitrogen and oxygen atoms in total. The summed E-state index contributed by atoms with van der Waals surface area (Å²) < 4.78 is 1.91. The Bertz CT molecular complexity index is 1140. The van der Waals surface area contributed by atoms with Gasteiger partial charge in [-0.1, -0.05) is 30.2 Å². The summed E-state index contributed by atoms with van der Waals surface area (Å²) in [6, 6.07) is 8.58. The van der Waals surface area contributed by atoms with Crippen molar-refractivity contribution in [2.75, 3.05) is 31.1 Å². The van der Waals surface area contributed by atoms with Crippen LogP contribution >= 0.6 is 0 Å². The molecule has 5 rings (SSSR count). The number of hydrogen-bond donors (Lipinski definition) is 1. The molecule has 0 atom stereocenters. The number of hydrogen-bond acceptors (Lipinski definition) is 5. The molecule has 2 aromatic heterocycles. The third-order valence-corrected chi connectivity index (χ3v) is 7.34. The van der Waals surface area contributed by atoms with Crippen LogP contribution in [0.4, 0.5) is 5.82 Å². The number of rotatable bonds is 4. The molecule has 2 fully saturated rings. The third-order valence-electron chi connectivity index (χ3n) is 7.34. The molecule has 2 aliphatic rings. The topological polar surface area (TPSA) is 79.8 Å². The Morgan fingerprint density at radius 3 is 2.47 bits per heavy atom. The monoisotopic (exact) mass is 432 g/mol. The minimum absolute atomic E-state index is 0.174. The van der Waals surface area contributed by atoms with Gasteiger partial charge < -0.3 is 10.6 Å². The van der Waals surface area contributed by atoms with Gasteiger partial charge in [0.1, 0.15) is 11.1 Å². The van der Waals surface area contributed by atoms with E-state index in [1.54, 1.807) is 0 Å². The van der Waals surface area contributed by atoms with Gasteiger partial charge in [-0.05, 0) is 64.3 Å². The summed E-state index contributed by atoms with van der Waals surface area (Å²) >= 11 is 0. The first-order valence-corrected chi connectivity index (χ1v) is 11.7. The van der Waals surface area contributed by atoms with Gasteiger partial charge in [0.2, 0.25) is 5.91 Å². The van der Waals surface area contributed by atoms with Crippen LogP contribution in [-0.4, -0.2) is 57.1 Å². The second-order valence-corrected chi connectivity index (χ2v) is 9.36. The van der Waals surface area contributed by atoms with Crippen molar-refractivity contribution in [2.45, 2.75) is 51.5 Å². The van der Waals surface area contributed by atoms with Crippen LogP contribution in [0.15, 0.2) is 36.7 Å². The molecule has 2 N–H and O–H groups in total. The zero-order chi connectivity index (χ0) is 22.3. The Balaban J connectivity index is 1.43. The highest BCUT2D eigenvalue weighted by molar-refractivity contribution is 5.85. The Labute approximate surface area is 189 Å². The lowest BCUT2D eigenvalue weighted by molar-refractivity contribution is -0.132. The second-order valence-electron chi connectivity index (χ2n) is 9.36. The van der Waals surface area contributed by atoms with Crippen molar-refractivity contribution in [1.82, 2.24) is 19.5 Å². The van der Waals surface area contributed by atoms with Crippen LogP contribution in [0.25, 0.3) is 16.8 Å². The molecule has 168 valence electrons. The number of aryl methyl sites for hydroxylation is 2. The summed E-state index contributed by atoms with van der Waals surface area (Å²) in [5.41, 5.74) is 11.0. The molecule has 3 aromatic rings. The average Bonchev–Trinajstić information content (AvgIpc) is 3.23. The van der Waals surface area contributed by atoms with Gasteiger partial charge in [0, 0.05) is 31.0 Å². The summed E-state index contributed by atoms with van der Waals surface area (Å²) in [7, 11) is 0. The number of aromatic nitrogens is 3. The van der Waals surface area contributed by atoms with E-state index in [0.29, 0.717) is 0 Å². The van der Waals surface area contributed by atoms with Gasteiger partial charge in [-0.15, -0.1) is 0 Å². The molecule has 4 heterocycles. The maximum absolute atomic E-state index is 12.6. The number of nitrogens with two attached hydrogens (primary N) is 1. The van der Waals surface area contributed by atoms with E-state index in [4.69, 9.17) is 15.8 Å². The van der Waals surface area contributed by atoms with Crippen LogP contribution in [-0.2, 0) is 4.79 Å². The third kappa shape index (κ3) is 3.54. The number of likely N-dealkylation sites (tertiary alicyclic amines) is 1. The normalized spacial score (nSPS) is 19.4. The second kappa shape index (κ2) is 8.20. The van der Waals surface area contributed by atoms with Gasteiger partial charge in [0.15, 0.2) is 5.82 Å². The number of anilines is 1. The SMILES string of the molecule is Cc1ccc(-c2cc3c(N4CCC(C(N)=O)(N5CCCCC5)CC4)nccn3n2)c(C)c1. The van der Waals surface area contributed by atoms with E-state index in [1.807, 2.05) is 16.9 Å². The van der Waals surface area contributed by atoms with Crippen molar-refractivity contribution >= 4 is 17.2 Å². The lowest BCUT2D eigenvalue weighted by atomic mass is 9.83. The van der Waals surface area contributed by atoms with Crippen LogP contribution in [0.1, 0.15) is 43.2 Å². The Morgan fingerprint density at radius 1 is 1.03 bits per heavy atom. The van der Waals surface area contributed by atoms with E-state index in [9.17, 15) is 4.79 Å². The van der Waals surface area contributed by atoms with E-state index in [-0.39, 0.29) is 5.91 Å². The lowest BCUT2D eigenvalue weighted by Crippen LogP contribution is -2.63. The molecule has 2 saturated heterocycles. The first-order valence-electron chi connectivity index (χ1n) is 11.7. The van der Waals surface area contributed by atoms with E-state index in [1.165, 1.54) is 17.5 Å². The van der Waals surface area contributed by atoms with Crippen LogP contribution < -0.4 is 10.6 Å². The van der Waals surface area contributed by atoms with E-state index in [0.717, 1.165) is 74.5 Å². The quantitative estimate of drug-likeness (QED) is 0.684. The number of nitrogens with zero attached hydrogens (tertiary/aromatic N) is 5. The number of carbonyl (C=O) groups is 1. The molecule has 0 bridgehead atoms. The van der Waals surface area contributed by atoms with Gasteiger partial charge in [-0.3, -0.25) is 9.69 Å². The van der Waals surface area contributed by atoms with Crippen molar-refractivity contribution in [3.63, 3.8) is 0 Å². The van der Waals surface area contributed by atoms with E-state index in [2.05, 4.69) is 47.9 Å². The molecule has 0 radical (unpaired) electrons. The smallest absolute Gasteiger partial charge is 0.238 e. The first-order chi connectivity index (χ1) is 15.5. The Kier molecular flexibility index (Phi) is 5.37. The predicted octanol–water partition coefficient (Wildman–Crippen LogP) is 3.32. The highest BCUT2D eigenvalue weighted by Crippen LogP contribution is 2.35. The number of primary amides is 1. The van der Waals surface area contributed by atoms with Crippen LogP contribution in [0.5, 0.6) is 0 Å². The predicted molar refractivity (Wildman–Crippen MR) is 127 cm³/mol. The highest BCUT2D eigenvalue weighted by atomic mass is 16.1. The van der Waals surface area contributed by atoms with Crippen molar-refractivity contribution in [3.8, 4) is 11.3 Å². The number of benzene rings is 1. The van der Waals surface area contributed by atoms with Gasteiger partial charge in [-0.25, -0.2) is 9.50 Å². The van der Waals surface area contributed by atoms with Crippen molar-refractivity contribution in [2.24, 2.45) is 5.73 Å². The maximum atomic E-state index is 12.6. The van der Waals surface area contributed by atoms with Crippen LogP contribution in [0.2, 0.25) is 0 Å². The number of amides is 1. The summed E-state index contributed by atoms with van der Waals surface area (Å²) in [6.07, 6.45) is 8.73.